The summed E-state index contributed by atoms with van der Waals surface area (Å²) in [7, 11) is 0. The summed E-state index contributed by atoms with van der Waals surface area (Å²) in [5.74, 6) is -0.186. The van der Waals surface area contributed by atoms with E-state index in [0.29, 0.717) is 0 Å². The number of nitrogens with zero attached hydrogens (tertiary/aromatic N) is 1. The van der Waals surface area contributed by atoms with E-state index in [0.717, 1.165) is 31.9 Å². The zero-order chi connectivity index (χ0) is 15.2. The number of benzene rings is 1. The van der Waals surface area contributed by atoms with E-state index in [9.17, 15) is 4.39 Å². The Bertz CT molecular complexity index is 563. The van der Waals surface area contributed by atoms with E-state index < -0.39 is 0 Å². The summed E-state index contributed by atoms with van der Waals surface area (Å²) in [5.41, 5.74) is 2.43. The fourth-order valence-corrected chi connectivity index (χ4v) is 3.35. The third-order valence-corrected chi connectivity index (χ3v) is 4.65. The topological polar surface area (TPSA) is 15.3 Å². The fraction of sp³-hybridized carbons (Fsp3) is 0.412. The average molecular weight is 306 g/mol. The molecule has 0 aliphatic carbocycles. The monoisotopic (exact) mass is 306 g/mol. The van der Waals surface area contributed by atoms with E-state index in [1.807, 2.05) is 23.5 Å². The molecule has 0 saturated heterocycles. The minimum atomic E-state index is -0.186. The summed E-state index contributed by atoms with van der Waals surface area (Å²) in [4.78, 5) is 5.01. The van der Waals surface area contributed by atoms with Gasteiger partial charge in [-0.15, -0.1) is 11.3 Å². The summed E-state index contributed by atoms with van der Waals surface area (Å²) in [6.07, 6.45) is 0. The van der Waals surface area contributed by atoms with Gasteiger partial charge < -0.3 is 10.2 Å². The van der Waals surface area contributed by atoms with Crippen LogP contribution in [0.5, 0.6) is 0 Å². The third kappa shape index (κ3) is 4.29. The molecule has 2 aromatic rings. The van der Waals surface area contributed by atoms with Crippen LogP contribution in [0.25, 0.3) is 0 Å². The Kier molecular flexibility index (Phi) is 5.76. The molecule has 0 bridgehead atoms. The summed E-state index contributed by atoms with van der Waals surface area (Å²) < 4.78 is 13.0. The van der Waals surface area contributed by atoms with Gasteiger partial charge in [-0.3, -0.25) is 0 Å². The van der Waals surface area contributed by atoms with Gasteiger partial charge in [-0.05, 0) is 56.3 Å². The zero-order valence-electron chi connectivity index (χ0n) is 12.9. The molecule has 1 heterocycles. The first-order valence-corrected chi connectivity index (χ1v) is 8.25. The lowest BCUT2D eigenvalue weighted by Crippen LogP contribution is -2.22. The van der Waals surface area contributed by atoms with Crippen LogP contribution in [0.4, 0.5) is 10.1 Å². The van der Waals surface area contributed by atoms with Crippen molar-refractivity contribution in [1.29, 1.82) is 0 Å². The van der Waals surface area contributed by atoms with Crippen molar-refractivity contribution in [2.75, 3.05) is 18.0 Å². The fourth-order valence-electron chi connectivity index (χ4n) is 2.32. The Morgan fingerprint density at radius 3 is 2.52 bits per heavy atom. The lowest BCUT2D eigenvalue weighted by atomic mass is 10.2. The molecular weight excluding hydrogens is 283 g/mol. The van der Waals surface area contributed by atoms with Gasteiger partial charge in [-0.2, -0.15) is 0 Å². The van der Waals surface area contributed by atoms with Crippen molar-refractivity contribution in [2.24, 2.45) is 0 Å². The average Bonchev–Trinajstić information content (AvgIpc) is 2.84. The van der Waals surface area contributed by atoms with Gasteiger partial charge in [0.05, 0.1) is 0 Å². The first-order chi connectivity index (χ1) is 10.1. The molecule has 0 atom stereocenters. The van der Waals surface area contributed by atoms with E-state index in [4.69, 9.17) is 0 Å². The normalized spacial score (nSPS) is 10.9. The molecule has 0 radical (unpaired) electrons. The van der Waals surface area contributed by atoms with E-state index in [1.54, 1.807) is 0 Å². The lowest BCUT2D eigenvalue weighted by Gasteiger charge is -2.23. The Morgan fingerprint density at radius 2 is 1.90 bits per heavy atom. The van der Waals surface area contributed by atoms with Crippen LogP contribution in [0.15, 0.2) is 30.3 Å². The molecule has 0 spiro atoms. The van der Waals surface area contributed by atoms with E-state index in [-0.39, 0.29) is 5.82 Å². The predicted molar refractivity (Wildman–Crippen MR) is 89.6 cm³/mol. The van der Waals surface area contributed by atoms with Crippen LogP contribution in [-0.4, -0.2) is 13.1 Å². The molecular formula is C17H23FN2S. The number of halogens is 1. The standard InChI is InChI=1S/C17H23FN2S/c1-4-19-11-17-10-14(13(3)21-17)12-20(5-2)16-8-6-15(18)7-9-16/h6-10,19H,4-5,11-12H2,1-3H3. The Balaban J connectivity index is 2.11. The number of anilines is 1. The second-order valence-electron chi connectivity index (χ2n) is 5.07. The largest absolute Gasteiger partial charge is 0.367 e. The number of aryl methyl sites for hydroxylation is 1. The second kappa shape index (κ2) is 7.57. The first kappa shape index (κ1) is 16.0. The molecule has 0 aliphatic rings. The second-order valence-corrected chi connectivity index (χ2v) is 6.41. The Labute approximate surface area is 130 Å². The maximum atomic E-state index is 13.0. The lowest BCUT2D eigenvalue weighted by molar-refractivity contribution is 0.627. The zero-order valence-corrected chi connectivity index (χ0v) is 13.8. The van der Waals surface area contributed by atoms with Crippen molar-refractivity contribution in [3.05, 3.63) is 51.5 Å². The molecule has 2 nitrogen and oxygen atoms in total. The van der Waals surface area contributed by atoms with Gasteiger partial charge in [0.2, 0.25) is 0 Å². The number of rotatable bonds is 7. The summed E-state index contributed by atoms with van der Waals surface area (Å²) in [6, 6.07) is 9.03. The van der Waals surface area contributed by atoms with Crippen molar-refractivity contribution in [2.45, 2.75) is 33.9 Å². The number of hydrogen-bond donors (Lipinski definition) is 1. The van der Waals surface area contributed by atoms with Crippen LogP contribution >= 0.6 is 11.3 Å². The Morgan fingerprint density at radius 1 is 1.19 bits per heavy atom. The van der Waals surface area contributed by atoms with Gasteiger partial charge in [0.1, 0.15) is 5.82 Å². The molecule has 0 amide bonds. The SMILES string of the molecule is CCNCc1cc(CN(CC)c2ccc(F)cc2)c(C)s1. The van der Waals surface area contributed by atoms with Crippen molar-refractivity contribution in [3.63, 3.8) is 0 Å². The smallest absolute Gasteiger partial charge is 0.123 e. The van der Waals surface area contributed by atoms with Gasteiger partial charge in [-0.1, -0.05) is 6.92 Å². The number of nitrogens with one attached hydrogen (secondary N) is 1. The molecule has 1 aromatic carbocycles. The van der Waals surface area contributed by atoms with Gasteiger partial charge >= 0.3 is 0 Å². The molecule has 0 unspecified atom stereocenters. The highest BCUT2D eigenvalue weighted by Gasteiger charge is 2.10. The third-order valence-electron chi connectivity index (χ3n) is 3.56. The maximum absolute atomic E-state index is 13.0. The minimum absolute atomic E-state index is 0.186. The molecule has 4 heteroatoms. The van der Waals surface area contributed by atoms with Gasteiger partial charge in [-0.25, -0.2) is 4.39 Å². The van der Waals surface area contributed by atoms with Gasteiger partial charge in [0.25, 0.3) is 0 Å². The molecule has 1 aromatic heterocycles. The number of hydrogen-bond acceptors (Lipinski definition) is 3. The molecule has 1 N–H and O–H groups in total. The summed E-state index contributed by atoms with van der Waals surface area (Å²) in [5, 5.41) is 3.37. The van der Waals surface area contributed by atoms with E-state index >= 15 is 0 Å². The molecule has 0 fully saturated rings. The van der Waals surface area contributed by atoms with Crippen molar-refractivity contribution >= 4 is 17.0 Å². The quantitative estimate of drug-likeness (QED) is 0.819. The van der Waals surface area contributed by atoms with Crippen LogP contribution in [0.1, 0.15) is 29.2 Å². The minimum Gasteiger partial charge on any atom is -0.367 e. The summed E-state index contributed by atoms with van der Waals surface area (Å²) in [6.45, 7) is 10.1. The van der Waals surface area contributed by atoms with E-state index in [1.165, 1.54) is 27.5 Å². The predicted octanol–water partition coefficient (Wildman–Crippen LogP) is 4.33. The maximum Gasteiger partial charge on any atom is 0.123 e. The van der Waals surface area contributed by atoms with Gasteiger partial charge in [0, 0.05) is 35.1 Å². The number of thiophene rings is 1. The molecule has 0 saturated carbocycles. The van der Waals surface area contributed by atoms with Crippen molar-refractivity contribution in [1.82, 2.24) is 5.32 Å². The Hall–Kier alpha value is -1.39. The molecule has 21 heavy (non-hydrogen) atoms. The molecule has 114 valence electrons. The molecule has 0 aliphatic heterocycles. The van der Waals surface area contributed by atoms with Crippen LogP contribution in [0.2, 0.25) is 0 Å². The summed E-state index contributed by atoms with van der Waals surface area (Å²) >= 11 is 1.86. The van der Waals surface area contributed by atoms with Crippen LogP contribution < -0.4 is 10.2 Å². The van der Waals surface area contributed by atoms with E-state index in [2.05, 4.69) is 37.1 Å². The highest BCUT2D eigenvalue weighted by molar-refractivity contribution is 7.12. The van der Waals surface area contributed by atoms with Crippen molar-refractivity contribution < 1.29 is 4.39 Å². The molecule has 2 rings (SSSR count). The highest BCUT2D eigenvalue weighted by atomic mass is 32.1. The van der Waals surface area contributed by atoms with Crippen LogP contribution in [0, 0.1) is 12.7 Å². The van der Waals surface area contributed by atoms with Crippen LogP contribution in [0.3, 0.4) is 0 Å². The first-order valence-electron chi connectivity index (χ1n) is 7.43. The van der Waals surface area contributed by atoms with Crippen molar-refractivity contribution in [3.8, 4) is 0 Å². The van der Waals surface area contributed by atoms with Gasteiger partial charge in [0.15, 0.2) is 0 Å². The highest BCUT2D eigenvalue weighted by Crippen LogP contribution is 2.25. The van der Waals surface area contributed by atoms with Crippen LogP contribution in [-0.2, 0) is 13.1 Å².